The van der Waals surface area contributed by atoms with E-state index in [2.05, 4.69) is 43.2 Å². The molecule has 0 atom stereocenters. The van der Waals surface area contributed by atoms with Gasteiger partial charge in [0.2, 0.25) is 0 Å². The highest BCUT2D eigenvalue weighted by Crippen LogP contribution is 2.12. The summed E-state index contributed by atoms with van der Waals surface area (Å²) in [6.07, 6.45) is 4.52. The van der Waals surface area contributed by atoms with Crippen molar-refractivity contribution in [1.29, 1.82) is 0 Å². The topological polar surface area (TPSA) is 36.9 Å². The smallest absolute Gasteiger partial charge is 0.193 e. The van der Waals surface area contributed by atoms with E-state index in [0.717, 1.165) is 44.2 Å². The van der Waals surface area contributed by atoms with Crippen LogP contribution in [0.25, 0.3) is 0 Å². The molecule has 1 N–H and O–H groups in total. The number of ether oxygens (including phenoxy) is 1. The molecule has 4 nitrogen and oxygen atoms in total. The number of nitrogens with zero attached hydrogens (tertiary/aromatic N) is 2. The van der Waals surface area contributed by atoms with E-state index in [1.165, 1.54) is 18.4 Å². The van der Waals surface area contributed by atoms with E-state index in [4.69, 9.17) is 9.73 Å². The van der Waals surface area contributed by atoms with Gasteiger partial charge in [0.05, 0.1) is 7.11 Å². The molecule has 0 amide bonds. The van der Waals surface area contributed by atoms with Gasteiger partial charge in [-0.3, -0.25) is 4.99 Å². The number of hydrogen-bond donors (Lipinski definition) is 1. The predicted molar refractivity (Wildman–Crippen MR) is 94.8 cm³/mol. The van der Waals surface area contributed by atoms with Crippen molar-refractivity contribution in [1.82, 2.24) is 10.2 Å². The van der Waals surface area contributed by atoms with Crippen LogP contribution in [0.4, 0.5) is 0 Å². The maximum atomic E-state index is 5.18. The first-order valence-electron chi connectivity index (χ1n) is 8.33. The second kappa shape index (κ2) is 10.9. The number of methoxy groups -OCH3 is 1. The largest absolute Gasteiger partial charge is 0.497 e. The van der Waals surface area contributed by atoms with Gasteiger partial charge in [-0.2, -0.15) is 0 Å². The molecular weight excluding hydrogens is 274 g/mol. The molecule has 0 saturated heterocycles. The van der Waals surface area contributed by atoms with Crippen molar-refractivity contribution in [2.24, 2.45) is 4.99 Å². The summed E-state index contributed by atoms with van der Waals surface area (Å²) in [4.78, 5) is 6.94. The molecule has 0 saturated carbocycles. The molecule has 1 aromatic rings. The van der Waals surface area contributed by atoms with Gasteiger partial charge in [0.1, 0.15) is 5.75 Å². The van der Waals surface area contributed by atoms with E-state index < -0.39 is 0 Å². The van der Waals surface area contributed by atoms with Crippen LogP contribution in [0.15, 0.2) is 29.3 Å². The molecule has 0 aromatic heterocycles. The van der Waals surface area contributed by atoms with E-state index >= 15 is 0 Å². The first-order chi connectivity index (χ1) is 10.7. The van der Waals surface area contributed by atoms with Crippen LogP contribution in [-0.2, 0) is 6.42 Å². The van der Waals surface area contributed by atoms with Gasteiger partial charge in [-0.15, -0.1) is 0 Å². The highest BCUT2D eigenvalue weighted by Gasteiger charge is 2.04. The standard InChI is InChI=1S/C18H31N3O/c1-5-7-15-21(3)18(19-6-2)20-14-8-9-16-10-12-17(22-4)13-11-16/h10-13H,5-9,14-15H2,1-4H3,(H,19,20). The average molecular weight is 305 g/mol. The van der Waals surface area contributed by atoms with Gasteiger partial charge in [0.15, 0.2) is 5.96 Å². The fourth-order valence-corrected chi connectivity index (χ4v) is 2.23. The molecular formula is C18H31N3O. The average Bonchev–Trinajstić information content (AvgIpc) is 2.56. The number of guanidine groups is 1. The Labute approximate surface area is 135 Å². The monoisotopic (exact) mass is 305 g/mol. The van der Waals surface area contributed by atoms with Crippen LogP contribution in [0.1, 0.15) is 38.7 Å². The Morgan fingerprint density at radius 2 is 1.91 bits per heavy atom. The number of aliphatic imine (C=N–C) groups is 1. The molecule has 1 rings (SSSR count). The summed E-state index contributed by atoms with van der Waals surface area (Å²) in [7, 11) is 3.81. The second-order valence-corrected chi connectivity index (χ2v) is 5.46. The molecule has 0 aliphatic heterocycles. The molecule has 0 bridgehead atoms. The molecule has 0 aliphatic rings. The first-order valence-corrected chi connectivity index (χ1v) is 8.33. The van der Waals surface area contributed by atoms with E-state index in [0.29, 0.717) is 0 Å². The van der Waals surface area contributed by atoms with Crippen LogP contribution >= 0.6 is 0 Å². The minimum atomic E-state index is 0.852. The van der Waals surface area contributed by atoms with E-state index in [9.17, 15) is 0 Å². The first kappa shape index (κ1) is 18.3. The zero-order chi connectivity index (χ0) is 16.2. The third-order valence-corrected chi connectivity index (χ3v) is 3.59. The van der Waals surface area contributed by atoms with Crippen molar-refractivity contribution in [2.45, 2.75) is 39.5 Å². The quantitative estimate of drug-likeness (QED) is 0.432. The third kappa shape index (κ3) is 6.83. The van der Waals surface area contributed by atoms with Crippen molar-refractivity contribution >= 4 is 5.96 Å². The molecule has 0 fully saturated rings. The summed E-state index contributed by atoms with van der Waals surface area (Å²) in [5, 5.41) is 3.36. The lowest BCUT2D eigenvalue weighted by molar-refractivity contribution is 0.414. The van der Waals surface area contributed by atoms with Gasteiger partial charge in [0.25, 0.3) is 0 Å². The van der Waals surface area contributed by atoms with Gasteiger partial charge in [-0.25, -0.2) is 0 Å². The maximum absolute atomic E-state index is 5.18. The van der Waals surface area contributed by atoms with Crippen LogP contribution in [-0.4, -0.2) is 44.7 Å². The van der Waals surface area contributed by atoms with Gasteiger partial charge < -0.3 is 15.0 Å². The molecule has 0 aliphatic carbocycles. The number of unbranched alkanes of at least 4 members (excludes halogenated alkanes) is 1. The zero-order valence-electron chi connectivity index (χ0n) is 14.6. The van der Waals surface area contributed by atoms with Gasteiger partial charge in [-0.05, 0) is 43.9 Å². The lowest BCUT2D eigenvalue weighted by Gasteiger charge is -2.21. The fraction of sp³-hybridized carbons (Fsp3) is 0.611. The Balaban J connectivity index is 2.41. The van der Waals surface area contributed by atoms with Gasteiger partial charge in [0, 0.05) is 26.7 Å². The molecule has 1 aromatic carbocycles. The summed E-state index contributed by atoms with van der Waals surface area (Å²) >= 11 is 0. The van der Waals surface area contributed by atoms with E-state index in [1.807, 2.05) is 12.1 Å². The van der Waals surface area contributed by atoms with Gasteiger partial charge >= 0.3 is 0 Å². The molecule has 0 spiro atoms. The Morgan fingerprint density at radius 3 is 2.50 bits per heavy atom. The van der Waals surface area contributed by atoms with Crippen LogP contribution in [0, 0.1) is 0 Å². The van der Waals surface area contributed by atoms with Crippen molar-refractivity contribution in [3.8, 4) is 5.75 Å². The molecule has 4 heteroatoms. The van der Waals surface area contributed by atoms with Crippen LogP contribution in [0.5, 0.6) is 5.75 Å². The molecule has 0 radical (unpaired) electrons. The molecule has 0 unspecified atom stereocenters. The summed E-state index contributed by atoms with van der Waals surface area (Å²) in [5.74, 6) is 1.93. The summed E-state index contributed by atoms with van der Waals surface area (Å²) in [6.45, 7) is 7.15. The highest BCUT2D eigenvalue weighted by molar-refractivity contribution is 5.79. The summed E-state index contributed by atoms with van der Waals surface area (Å²) in [5.41, 5.74) is 1.33. The number of aryl methyl sites for hydroxylation is 1. The van der Waals surface area contributed by atoms with Crippen molar-refractivity contribution < 1.29 is 4.74 Å². The minimum absolute atomic E-state index is 0.852. The number of hydrogen-bond acceptors (Lipinski definition) is 2. The van der Waals surface area contributed by atoms with Crippen molar-refractivity contribution in [2.75, 3.05) is 33.8 Å². The molecule has 22 heavy (non-hydrogen) atoms. The maximum Gasteiger partial charge on any atom is 0.193 e. The van der Waals surface area contributed by atoms with Crippen molar-refractivity contribution in [3.05, 3.63) is 29.8 Å². The molecule has 124 valence electrons. The predicted octanol–water partition coefficient (Wildman–Crippen LogP) is 3.33. The zero-order valence-corrected chi connectivity index (χ0v) is 14.6. The Bertz CT molecular complexity index is 428. The Hall–Kier alpha value is -1.71. The Morgan fingerprint density at radius 1 is 1.18 bits per heavy atom. The van der Waals surface area contributed by atoms with Crippen LogP contribution < -0.4 is 10.1 Å². The lowest BCUT2D eigenvalue weighted by atomic mass is 10.1. The van der Waals surface area contributed by atoms with Gasteiger partial charge in [-0.1, -0.05) is 25.5 Å². The number of nitrogens with one attached hydrogen (secondary N) is 1. The normalized spacial score (nSPS) is 11.4. The minimum Gasteiger partial charge on any atom is -0.497 e. The Kier molecular flexibility index (Phi) is 9.12. The fourth-order valence-electron chi connectivity index (χ4n) is 2.23. The third-order valence-electron chi connectivity index (χ3n) is 3.59. The summed E-state index contributed by atoms with van der Waals surface area (Å²) in [6, 6.07) is 8.28. The lowest BCUT2D eigenvalue weighted by Crippen LogP contribution is -2.39. The van der Waals surface area contributed by atoms with Crippen LogP contribution in [0.3, 0.4) is 0 Å². The molecule has 0 heterocycles. The summed E-state index contributed by atoms with van der Waals surface area (Å²) < 4.78 is 5.18. The van der Waals surface area contributed by atoms with E-state index in [1.54, 1.807) is 7.11 Å². The van der Waals surface area contributed by atoms with E-state index in [-0.39, 0.29) is 0 Å². The second-order valence-electron chi connectivity index (χ2n) is 5.46. The number of benzene rings is 1. The van der Waals surface area contributed by atoms with Crippen LogP contribution in [0.2, 0.25) is 0 Å². The number of rotatable bonds is 9. The van der Waals surface area contributed by atoms with Crippen molar-refractivity contribution in [3.63, 3.8) is 0 Å². The highest BCUT2D eigenvalue weighted by atomic mass is 16.5. The SMILES string of the molecule is CCCCN(C)C(=NCCCc1ccc(OC)cc1)NCC.